The lowest BCUT2D eigenvalue weighted by Gasteiger charge is -2.09. The van der Waals surface area contributed by atoms with Gasteiger partial charge in [0.2, 0.25) is 0 Å². The van der Waals surface area contributed by atoms with Gasteiger partial charge in [-0.15, -0.1) is 0 Å². The molecule has 0 saturated carbocycles. The number of benzene rings is 2. The van der Waals surface area contributed by atoms with Crippen molar-refractivity contribution in [3.05, 3.63) is 54.1 Å². The van der Waals surface area contributed by atoms with Crippen LogP contribution in [0.3, 0.4) is 0 Å². The number of carboxylic acid groups (broad SMARTS) is 1. The zero-order chi connectivity index (χ0) is 13.8. The Morgan fingerprint density at radius 2 is 1.74 bits per heavy atom. The minimum absolute atomic E-state index is 0.169. The van der Waals surface area contributed by atoms with Gasteiger partial charge in [-0.1, -0.05) is 30.3 Å². The summed E-state index contributed by atoms with van der Waals surface area (Å²) in [5, 5.41) is 9.19. The summed E-state index contributed by atoms with van der Waals surface area (Å²) < 4.78 is 4.98. The molecule has 0 aliphatic carbocycles. The Morgan fingerprint density at radius 3 is 2.32 bits per heavy atom. The molecule has 96 valence electrons. The zero-order valence-corrected chi connectivity index (χ0v) is 10.3. The maximum atomic E-state index is 11.2. The van der Waals surface area contributed by atoms with E-state index in [1.165, 1.54) is 19.1 Å². The maximum Gasteiger partial charge on any atom is 0.336 e. The summed E-state index contributed by atoms with van der Waals surface area (Å²) in [5.74, 6) is -1.13. The van der Waals surface area contributed by atoms with Crippen LogP contribution >= 0.6 is 0 Å². The standard InChI is InChI=1S/C15H12O4/c1-10(16)19-12-7-8-13(15(17)18)14(9-12)11-5-3-2-4-6-11/h2-9H,1H3,(H,17,18). The number of hydrogen-bond donors (Lipinski definition) is 1. The molecule has 4 heteroatoms. The van der Waals surface area contributed by atoms with Crippen LogP contribution in [0, 0.1) is 0 Å². The van der Waals surface area contributed by atoms with E-state index in [1.54, 1.807) is 18.2 Å². The van der Waals surface area contributed by atoms with Crippen LogP contribution < -0.4 is 4.74 Å². The second kappa shape index (κ2) is 5.35. The van der Waals surface area contributed by atoms with Crippen molar-refractivity contribution in [2.75, 3.05) is 0 Å². The van der Waals surface area contributed by atoms with Crippen LogP contribution in [-0.2, 0) is 4.79 Å². The smallest absolute Gasteiger partial charge is 0.336 e. The fourth-order valence-corrected chi connectivity index (χ4v) is 1.80. The number of aromatic carboxylic acids is 1. The molecule has 4 nitrogen and oxygen atoms in total. The van der Waals surface area contributed by atoms with E-state index in [0.717, 1.165) is 5.56 Å². The van der Waals surface area contributed by atoms with Gasteiger partial charge >= 0.3 is 11.9 Å². The number of carbonyl (C=O) groups is 2. The summed E-state index contributed by atoms with van der Waals surface area (Å²) in [6.07, 6.45) is 0. The van der Waals surface area contributed by atoms with E-state index in [-0.39, 0.29) is 5.56 Å². The Labute approximate surface area is 110 Å². The highest BCUT2D eigenvalue weighted by Crippen LogP contribution is 2.28. The van der Waals surface area contributed by atoms with Gasteiger partial charge in [0.25, 0.3) is 0 Å². The largest absolute Gasteiger partial charge is 0.478 e. The fourth-order valence-electron chi connectivity index (χ4n) is 1.80. The van der Waals surface area contributed by atoms with E-state index in [4.69, 9.17) is 4.74 Å². The average Bonchev–Trinajstić information content (AvgIpc) is 2.38. The number of esters is 1. The number of carbonyl (C=O) groups excluding carboxylic acids is 1. The molecule has 1 N–H and O–H groups in total. The van der Waals surface area contributed by atoms with Gasteiger partial charge in [0.05, 0.1) is 5.56 Å². The molecule has 0 aliphatic rings. The molecule has 0 heterocycles. The van der Waals surface area contributed by atoms with E-state index in [2.05, 4.69) is 0 Å². The van der Waals surface area contributed by atoms with Crippen LogP contribution in [0.1, 0.15) is 17.3 Å². The third-order valence-electron chi connectivity index (χ3n) is 2.57. The molecule has 0 saturated heterocycles. The van der Waals surface area contributed by atoms with Gasteiger partial charge in [-0.2, -0.15) is 0 Å². The monoisotopic (exact) mass is 256 g/mol. The SMILES string of the molecule is CC(=O)Oc1ccc(C(=O)O)c(-c2ccccc2)c1. The van der Waals surface area contributed by atoms with Crippen LogP contribution in [0.5, 0.6) is 5.75 Å². The number of rotatable bonds is 3. The quantitative estimate of drug-likeness (QED) is 0.677. The Balaban J connectivity index is 2.54. The van der Waals surface area contributed by atoms with Gasteiger partial charge in [-0.25, -0.2) is 4.79 Å². The molecule has 0 aliphatic heterocycles. The highest BCUT2D eigenvalue weighted by molar-refractivity contribution is 5.96. The highest BCUT2D eigenvalue weighted by Gasteiger charge is 2.13. The molecule has 0 amide bonds. The molecular formula is C15H12O4. The normalized spacial score (nSPS) is 9.95. The van der Waals surface area contributed by atoms with Crippen LogP contribution in [0.25, 0.3) is 11.1 Å². The van der Waals surface area contributed by atoms with E-state index in [0.29, 0.717) is 11.3 Å². The third kappa shape index (κ3) is 2.98. The Kier molecular flexibility index (Phi) is 3.61. The highest BCUT2D eigenvalue weighted by atomic mass is 16.5. The zero-order valence-electron chi connectivity index (χ0n) is 10.3. The summed E-state index contributed by atoms with van der Waals surface area (Å²) in [6.45, 7) is 1.30. The lowest BCUT2D eigenvalue weighted by Crippen LogP contribution is -2.04. The maximum absolute atomic E-state index is 11.2. The molecule has 0 fully saturated rings. The van der Waals surface area contributed by atoms with Crippen LogP contribution in [0.2, 0.25) is 0 Å². The Hall–Kier alpha value is -2.62. The summed E-state index contributed by atoms with van der Waals surface area (Å²) in [7, 11) is 0. The molecule has 0 spiro atoms. The molecule has 0 radical (unpaired) electrons. The van der Waals surface area contributed by atoms with Crippen molar-refractivity contribution >= 4 is 11.9 Å². The van der Waals surface area contributed by atoms with Crippen LogP contribution in [-0.4, -0.2) is 17.0 Å². The summed E-state index contributed by atoms with van der Waals surface area (Å²) >= 11 is 0. The fraction of sp³-hybridized carbons (Fsp3) is 0.0667. The summed E-state index contributed by atoms with van der Waals surface area (Å²) in [5.41, 5.74) is 1.45. The molecule has 2 rings (SSSR count). The lowest BCUT2D eigenvalue weighted by atomic mass is 9.99. The van der Waals surface area contributed by atoms with E-state index in [9.17, 15) is 14.7 Å². The van der Waals surface area contributed by atoms with Gasteiger partial charge in [0.1, 0.15) is 5.75 Å². The molecular weight excluding hydrogens is 244 g/mol. The molecule has 2 aromatic carbocycles. The van der Waals surface area contributed by atoms with Crippen LogP contribution in [0.15, 0.2) is 48.5 Å². The number of carboxylic acids is 1. The van der Waals surface area contributed by atoms with E-state index < -0.39 is 11.9 Å². The van der Waals surface area contributed by atoms with E-state index in [1.807, 2.05) is 18.2 Å². The second-order valence-electron chi connectivity index (χ2n) is 3.97. The van der Waals surface area contributed by atoms with Crippen molar-refractivity contribution in [1.29, 1.82) is 0 Å². The third-order valence-corrected chi connectivity index (χ3v) is 2.57. The Morgan fingerprint density at radius 1 is 1.05 bits per heavy atom. The molecule has 0 unspecified atom stereocenters. The Bertz CT molecular complexity index is 617. The second-order valence-corrected chi connectivity index (χ2v) is 3.97. The van der Waals surface area contributed by atoms with Crippen molar-refractivity contribution in [1.82, 2.24) is 0 Å². The lowest BCUT2D eigenvalue weighted by molar-refractivity contribution is -0.131. The van der Waals surface area contributed by atoms with Crippen molar-refractivity contribution in [2.24, 2.45) is 0 Å². The molecule has 19 heavy (non-hydrogen) atoms. The molecule has 0 aromatic heterocycles. The van der Waals surface area contributed by atoms with Crippen molar-refractivity contribution in [3.8, 4) is 16.9 Å². The first-order valence-electron chi connectivity index (χ1n) is 5.69. The average molecular weight is 256 g/mol. The predicted octanol–water partition coefficient (Wildman–Crippen LogP) is 2.98. The van der Waals surface area contributed by atoms with Crippen LogP contribution in [0.4, 0.5) is 0 Å². The molecule has 2 aromatic rings. The van der Waals surface area contributed by atoms with Gasteiger partial charge in [-0.3, -0.25) is 4.79 Å². The summed E-state index contributed by atoms with van der Waals surface area (Å²) in [6, 6.07) is 13.6. The van der Waals surface area contributed by atoms with Gasteiger partial charge in [-0.05, 0) is 29.3 Å². The van der Waals surface area contributed by atoms with E-state index >= 15 is 0 Å². The predicted molar refractivity (Wildman–Crippen MR) is 70.1 cm³/mol. The number of ether oxygens (including phenoxy) is 1. The molecule has 0 atom stereocenters. The van der Waals surface area contributed by atoms with Gasteiger partial charge in [0, 0.05) is 6.92 Å². The van der Waals surface area contributed by atoms with Crippen molar-refractivity contribution in [3.63, 3.8) is 0 Å². The minimum atomic E-state index is -1.02. The van der Waals surface area contributed by atoms with Crippen molar-refractivity contribution in [2.45, 2.75) is 6.92 Å². The van der Waals surface area contributed by atoms with Gasteiger partial charge < -0.3 is 9.84 Å². The van der Waals surface area contributed by atoms with Gasteiger partial charge in [0.15, 0.2) is 0 Å². The molecule has 0 bridgehead atoms. The summed E-state index contributed by atoms with van der Waals surface area (Å²) in [4.78, 5) is 22.2. The first-order chi connectivity index (χ1) is 9.08. The minimum Gasteiger partial charge on any atom is -0.478 e. The first kappa shape index (κ1) is 12.8. The topological polar surface area (TPSA) is 63.6 Å². The first-order valence-corrected chi connectivity index (χ1v) is 5.69. The number of hydrogen-bond acceptors (Lipinski definition) is 3. The van der Waals surface area contributed by atoms with Crippen molar-refractivity contribution < 1.29 is 19.4 Å².